The number of aliphatic hydroxyl groups is 1. The monoisotopic (exact) mass is 358 g/mol. The first kappa shape index (κ1) is 18.0. The van der Waals surface area contributed by atoms with Gasteiger partial charge in [-0.05, 0) is 25.0 Å². The summed E-state index contributed by atoms with van der Waals surface area (Å²) >= 11 is 0. The molecule has 1 saturated heterocycles. The summed E-state index contributed by atoms with van der Waals surface area (Å²) in [4.78, 5) is 26.3. The number of piperidine rings is 1. The number of β-amino-alcohol motifs (C(OH)–C–C–N with tert-alkyl or cyclic N) is 1. The number of hydrogen-bond acceptors (Lipinski definition) is 6. The predicted octanol–water partition coefficient (Wildman–Crippen LogP) is 1.86. The van der Waals surface area contributed by atoms with Crippen molar-refractivity contribution in [3.8, 4) is 5.75 Å². The summed E-state index contributed by atoms with van der Waals surface area (Å²) in [5, 5.41) is 12.9. The van der Waals surface area contributed by atoms with Gasteiger partial charge in [-0.15, -0.1) is 0 Å². The molecule has 0 aliphatic carbocycles. The fraction of sp³-hybridized carbons (Fsp3) is 0.368. The second-order valence-corrected chi connectivity index (χ2v) is 6.23. The van der Waals surface area contributed by atoms with E-state index in [9.17, 15) is 14.7 Å². The number of carbonyl (C=O) groups excluding carboxylic acids is 1. The van der Waals surface area contributed by atoms with Gasteiger partial charge in [-0.25, -0.2) is 0 Å². The summed E-state index contributed by atoms with van der Waals surface area (Å²) in [5.41, 5.74) is 0.913. The average Bonchev–Trinajstić information content (AvgIpc) is 2.66. The number of ether oxygens (including phenoxy) is 1. The van der Waals surface area contributed by atoms with Crippen molar-refractivity contribution in [3.63, 3.8) is 0 Å². The third-order valence-electron chi connectivity index (χ3n) is 4.37. The van der Waals surface area contributed by atoms with E-state index >= 15 is 0 Å². The van der Waals surface area contributed by atoms with Crippen molar-refractivity contribution >= 4 is 11.6 Å². The summed E-state index contributed by atoms with van der Waals surface area (Å²) in [6, 6.07) is 8.53. The van der Waals surface area contributed by atoms with Gasteiger partial charge in [0, 0.05) is 24.8 Å². The number of rotatable bonds is 5. The van der Waals surface area contributed by atoms with E-state index in [0.29, 0.717) is 30.1 Å². The first-order valence-electron chi connectivity index (χ1n) is 8.54. The van der Waals surface area contributed by atoms with Crippen LogP contribution in [0.2, 0.25) is 0 Å². The number of benzene rings is 1. The topological polar surface area (TPSA) is 92.0 Å². The predicted molar refractivity (Wildman–Crippen MR) is 96.4 cm³/mol. The van der Waals surface area contributed by atoms with Crippen LogP contribution in [0, 0.1) is 0 Å². The minimum Gasteiger partial charge on any atom is -0.490 e. The van der Waals surface area contributed by atoms with Gasteiger partial charge in [0.1, 0.15) is 12.0 Å². The molecular formula is C19H22N2O5. The van der Waals surface area contributed by atoms with Crippen LogP contribution < -0.4 is 15.5 Å². The molecule has 1 aliphatic rings. The zero-order valence-corrected chi connectivity index (χ0v) is 14.6. The van der Waals surface area contributed by atoms with Gasteiger partial charge >= 0.3 is 0 Å². The highest BCUT2D eigenvalue weighted by molar-refractivity contribution is 5.99. The van der Waals surface area contributed by atoms with E-state index in [1.54, 1.807) is 23.1 Å². The third kappa shape index (κ3) is 4.05. The van der Waals surface area contributed by atoms with Crippen LogP contribution in [0.5, 0.6) is 5.75 Å². The minimum absolute atomic E-state index is 0.122. The first-order chi connectivity index (χ1) is 12.6. The van der Waals surface area contributed by atoms with E-state index in [2.05, 4.69) is 5.32 Å². The Bertz CT molecular complexity index is 833. The molecule has 2 heterocycles. The molecule has 3 rings (SSSR count). The number of carbonyl (C=O) groups is 1. The van der Waals surface area contributed by atoms with Crippen molar-refractivity contribution in [1.82, 2.24) is 4.90 Å². The fourth-order valence-electron chi connectivity index (χ4n) is 3.00. The maximum absolute atomic E-state index is 12.8. The van der Waals surface area contributed by atoms with Crippen LogP contribution in [0.25, 0.3) is 0 Å². The summed E-state index contributed by atoms with van der Waals surface area (Å²) < 4.78 is 10.3. The largest absolute Gasteiger partial charge is 0.490 e. The second kappa shape index (κ2) is 8.05. The van der Waals surface area contributed by atoms with Crippen LogP contribution in [-0.4, -0.2) is 42.2 Å². The van der Waals surface area contributed by atoms with E-state index < -0.39 is 6.10 Å². The molecule has 0 saturated carbocycles. The number of nitrogens with zero attached hydrogens (tertiary/aromatic N) is 1. The third-order valence-corrected chi connectivity index (χ3v) is 4.37. The average molecular weight is 358 g/mol. The van der Waals surface area contributed by atoms with Crippen LogP contribution in [0.4, 0.5) is 5.69 Å². The lowest BCUT2D eigenvalue weighted by Gasteiger charge is -2.30. The molecule has 2 aromatic rings. The molecule has 2 N–H and O–H groups in total. The zero-order valence-electron chi connectivity index (χ0n) is 14.6. The van der Waals surface area contributed by atoms with Gasteiger partial charge in [0.2, 0.25) is 11.2 Å². The molecule has 1 atom stereocenters. The van der Waals surface area contributed by atoms with Crippen LogP contribution >= 0.6 is 0 Å². The summed E-state index contributed by atoms with van der Waals surface area (Å²) in [5.74, 6) is 0.461. The number of para-hydroxylation sites is 1. The fourth-order valence-corrected chi connectivity index (χ4v) is 3.00. The second-order valence-electron chi connectivity index (χ2n) is 6.23. The molecule has 138 valence electrons. The molecule has 1 unspecified atom stereocenters. The van der Waals surface area contributed by atoms with Crippen molar-refractivity contribution in [1.29, 1.82) is 0 Å². The molecule has 26 heavy (non-hydrogen) atoms. The van der Waals surface area contributed by atoms with Gasteiger partial charge in [-0.3, -0.25) is 9.59 Å². The summed E-state index contributed by atoms with van der Waals surface area (Å²) in [6.45, 7) is 1.24. The van der Waals surface area contributed by atoms with Gasteiger partial charge in [0.15, 0.2) is 0 Å². The number of methoxy groups -OCH3 is 1. The number of amides is 1. The molecule has 1 fully saturated rings. The van der Waals surface area contributed by atoms with E-state index in [0.717, 1.165) is 12.8 Å². The lowest BCUT2D eigenvalue weighted by molar-refractivity contribution is 0.0474. The molecule has 1 amide bonds. The smallest absolute Gasteiger partial charge is 0.256 e. The Kier molecular flexibility index (Phi) is 5.58. The quantitative estimate of drug-likeness (QED) is 0.848. The Hall–Kier alpha value is -2.80. The Balaban J connectivity index is 1.74. The summed E-state index contributed by atoms with van der Waals surface area (Å²) in [6.07, 6.45) is 2.31. The molecular weight excluding hydrogens is 336 g/mol. The maximum Gasteiger partial charge on any atom is 0.256 e. The normalized spacial score (nSPS) is 17.0. The Morgan fingerprint density at radius 2 is 2.23 bits per heavy atom. The number of aliphatic hydroxyl groups excluding tert-OH is 1. The van der Waals surface area contributed by atoms with Crippen LogP contribution in [0.15, 0.2) is 45.8 Å². The highest BCUT2D eigenvalue weighted by Crippen LogP contribution is 2.21. The van der Waals surface area contributed by atoms with E-state index in [1.807, 2.05) is 6.07 Å². The molecule has 1 aliphatic heterocycles. The molecule has 0 spiro atoms. The SMILES string of the molecule is COc1coc(CNc2ccccc2C(=O)N2CCCC(O)C2)cc1=O. The Labute approximate surface area is 151 Å². The Morgan fingerprint density at radius 3 is 2.96 bits per heavy atom. The van der Waals surface area contributed by atoms with Crippen LogP contribution in [0.3, 0.4) is 0 Å². The zero-order chi connectivity index (χ0) is 18.5. The van der Waals surface area contributed by atoms with Crippen molar-refractivity contribution < 1.29 is 19.1 Å². The number of anilines is 1. The highest BCUT2D eigenvalue weighted by atomic mass is 16.5. The molecule has 7 nitrogen and oxygen atoms in total. The molecule has 7 heteroatoms. The standard InChI is InChI=1S/C19H22N2O5/c1-25-18-12-26-14(9-17(18)23)10-20-16-7-3-2-6-15(16)19(24)21-8-4-5-13(22)11-21/h2-3,6-7,9,12-13,20,22H,4-5,8,10-11H2,1H3. The van der Waals surface area contributed by atoms with Crippen molar-refractivity contribution in [2.75, 3.05) is 25.5 Å². The number of hydrogen-bond donors (Lipinski definition) is 2. The molecule has 1 aromatic heterocycles. The van der Waals surface area contributed by atoms with Crippen molar-refractivity contribution in [2.24, 2.45) is 0 Å². The van der Waals surface area contributed by atoms with Crippen LogP contribution in [0.1, 0.15) is 29.0 Å². The molecule has 0 bridgehead atoms. The van der Waals surface area contributed by atoms with Gasteiger partial charge in [-0.1, -0.05) is 12.1 Å². The molecule has 0 radical (unpaired) electrons. The first-order valence-corrected chi connectivity index (χ1v) is 8.54. The van der Waals surface area contributed by atoms with E-state index in [-0.39, 0.29) is 23.6 Å². The lowest BCUT2D eigenvalue weighted by Crippen LogP contribution is -2.42. The van der Waals surface area contributed by atoms with Crippen LogP contribution in [-0.2, 0) is 6.54 Å². The maximum atomic E-state index is 12.8. The van der Waals surface area contributed by atoms with Gasteiger partial charge in [0.25, 0.3) is 5.91 Å². The Morgan fingerprint density at radius 1 is 1.42 bits per heavy atom. The van der Waals surface area contributed by atoms with Gasteiger partial charge in [-0.2, -0.15) is 0 Å². The van der Waals surface area contributed by atoms with Gasteiger partial charge < -0.3 is 24.5 Å². The van der Waals surface area contributed by atoms with Crippen molar-refractivity contribution in [2.45, 2.75) is 25.5 Å². The highest BCUT2D eigenvalue weighted by Gasteiger charge is 2.24. The number of likely N-dealkylation sites (tertiary alicyclic amines) is 1. The summed E-state index contributed by atoms with van der Waals surface area (Å²) in [7, 11) is 1.41. The van der Waals surface area contributed by atoms with Crippen molar-refractivity contribution in [3.05, 3.63) is 58.1 Å². The molecule has 1 aromatic carbocycles. The minimum atomic E-state index is -0.471. The van der Waals surface area contributed by atoms with E-state index in [1.165, 1.54) is 19.4 Å². The lowest BCUT2D eigenvalue weighted by atomic mass is 10.1. The van der Waals surface area contributed by atoms with E-state index in [4.69, 9.17) is 9.15 Å². The van der Waals surface area contributed by atoms with Gasteiger partial charge in [0.05, 0.1) is 25.3 Å². The number of nitrogens with one attached hydrogen (secondary N) is 1.